The number of hydrogen-bond acceptors (Lipinski definition) is 5. The standard InChI is InChI=1S/C11H21N3OS/c1-5-6-9(15-4)10-13-11(16-14-10)12-7-8(2)3/h8-9H,5-7H2,1-4H3,(H,12,13,14). The van der Waals surface area contributed by atoms with E-state index in [2.05, 4.69) is 35.4 Å². The summed E-state index contributed by atoms with van der Waals surface area (Å²) in [7, 11) is 1.71. The quantitative estimate of drug-likeness (QED) is 0.799. The van der Waals surface area contributed by atoms with Gasteiger partial charge in [0.05, 0.1) is 0 Å². The van der Waals surface area contributed by atoms with Gasteiger partial charge in [-0.05, 0) is 12.3 Å². The van der Waals surface area contributed by atoms with E-state index in [0.29, 0.717) is 5.92 Å². The van der Waals surface area contributed by atoms with Crippen molar-refractivity contribution in [2.45, 2.75) is 39.7 Å². The smallest absolute Gasteiger partial charge is 0.202 e. The van der Waals surface area contributed by atoms with Gasteiger partial charge in [0.25, 0.3) is 0 Å². The van der Waals surface area contributed by atoms with Gasteiger partial charge in [-0.25, -0.2) is 4.98 Å². The first-order chi connectivity index (χ1) is 7.67. The molecule has 1 atom stereocenters. The molecule has 0 aliphatic heterocycles. The Morgan fingerprint density at radius 1 is 1.44 bits per heavy atom. The lowest BCUT2D eigenvalue weighted by Gasteiger charge is -2.09. The normalized spacial score (nSPS) is 13.1. The number of anilines is 1. The lowest BCUT2D eigenvalue weighted by molar-refractivity contribution is 0.0887. The van der Waals surface area contributed by atoms with Crippen molar-refractivity contribution < 1.29 is 4.74 Å². The number of ether oxygens (including phenoxy) is 1. The highest BCUT2D eigenvalue weighted by atomic mass is 32.1. The van der Waals surface area contributed by atoms with Crippen LogP contribution in [0.25, 0.3) is 0 Å². The van der Waals surface area contributed by atoms with Crippen molar-refractivity contribution in [3.8, 4) is 0 Å². The first-order valence-electron chi connectivity index (χ1n) is 5.77. The molecule has 92 valence electrons. The van der Waals surface area contributed by atoms with Crippen LogP contribution in [-0.2, 0) is 4.74 Å². The topological polar surface area (TPSA) is 47.0 Å². The SMILES string of the molecule is CCCC(OC)c1nsc(NCC(C)C)n1. The Balaban J connectivity index is 2.55. The maximum atomic E-state index is 5.37. The zero-order valence-corrected chi connectivity index (χ0v) is 11.3. The highest BCUT2D eigenvalue weighted by molar-refractivity contribution is 7.09. The maximum absolute atomic E-state index is 5.37. The van der Waals surface area contributed by atoms with Crippen LogP contribution in [0.2, 0.25) is 0 Å². The van der Waals surface area contributed by atoms with E-state index < -0.39 is 0 Å². The van der Waals surface area contributed by atoms with E-state index >= 15 is 0 Å². The summed E-state index contributed by atoms with van der Waals surface area (Å²) in [5.41, 5.74) is 0. The monoisotopic (exact) mass is 243 g/mol. The van der Waals surface area contributed by atoms with Gasteiger partial charge in [-0.2, -0.15) is 4.37 Å². The van der Waals surface area contributed by atoms with Gasteiger partial charge in [0.15, 0.2) is 5.82 Å². The fourth-order valence-corrected chi connectivity index (χ4v) is 1.96. The van der Waals surface area contributed by atoms with Crippen molar-refractivity contribution in [2.75, 3.05) is 19.0 Å². The zero-order chi connectivity index (χ0) is 12.0. The molecule has 5 heteroatoms. The molecule has 1 heterocycles. The summed E-state index contributed by atoms with van der Waals surface area (Å²) in [5, 5.41) is 4.17. The van der Waals surface area contributed by atoms with E-state index in [9.17, 15) is 0 Å². The first kappa shape index (κ1) is 13.4. The number of nitrogens with zero attached hydrogens (tertiary/aromatic N) is 2. The molecule has 0 aromatic carbocycles. The third-order valence-corrected chi connectivity index (χ3v) is 2.91. The summed E-state index contributed by atoms with van der Waals surface area (Å²) in [4.78, 5) is 4.44. The van der Waals surface area contributed by atoms with Gasteiger partial charge in [-0.15, -0.1) is 0 Å². The van der Waals surface area contributed by atoms with Crippen molar-refractivity contribution in [3.63, 3.8) is 0 Å². The molecule has 4 nitrogen and oxygen atoms in total. The molecule has 0 spiro atoms. The third kappa shape index (κ3) is 4.06. The van der Waals surface area contributed by atoms with Gasteiger partial charge in [-0.3, -0.25) is 0 Å². The van der Waals surface area contributed by atoms with Gasteiger partial charge in [0.1, 0.15) is 6.10 Å². The van der Waals surface area contributed by atoms with E-state index in [1.54, 1.807) is 7.11 Å². The molecule has 1 unspecified atom stereocenters. The zero-order valence-electron chi connectivity index (χ0n) is 10.5. The van der Waals surface area contributed by atoms with Crippen LogP contribution in [0.1, 0.15) is 45.5 Å². The molecule has 1 N–H and O–H groups in total. The van der Waals surface area contributed by atoms with Crippen LogP contribution in [0.15, 0.2) is 0 Å². The highest BCUT2D eigenvalue weighted by Crippen LogP contribution is 2.22. The predicted octanol–water partition coefficient (Wildman–Crippen LogP) is 3.09. The number of methoxy groups -OCH3 is 1. The number of aromatic nitrogens is 2. The predicted molar refractivity (Wildman–Crippen MR) is 67.9 cm³/mol. The van der Waals surface area contributed by atoms with Crippen molar-refractivity contribution in [1.29, 1.82) is 0 Å². The fraction of sp³-hybridized carbons (Fsp3) is 0.818. The average Bonchev–Trinajstić information content (AvgIpc) is 2.71. The van der Waals surface area contributed by atoms with Crippen LogP contribution < -0.4 is 5.32 Å². The number of hydrogen-bond donors (Lipinski definition) is 1. The molecule has 0 saturated carbocycles. The number of nitrogens with one attached hydrogen (secondary N) is 1. The summed E-state index contributed by atoms with van der Waals surface area (Å²) in [6.45, 7) is 7.41. The van der Waals surface area contributed by atoms with Crippen molar-refractivity contribution >= 4 is 16.7 Å². The van der Waals surface area contributed by atoms with Crippen LogP contribution in [0.3, 0.4) is 0 Å². The number of rotatable bonds is 7. The van der Waals surface area contributed by atoms with Gasteiger partial charge < -0.3 is 10.1 Å². The maximum Gasteiger partial charge on any atom is 0.202 e. The van der Waals surface area contributed by atoms with Crippen LogP contribution in [0.5, 0.6) is 0 Å². The lowest BCUT2D eigenvalue weighted by Crippen LogP contribution is -2.08. The van der Waals surface area contributed by atoms with Gasteiger partial charge in [0.2, 0.25) is 5.13 Å². The Kier molecular flexibility index (Phi) is 5.69. The molecular formula is C11H21N3OS. The third-order valence-electron chi connectivity index (χ3n) is 2.23. The van der Waals surface area contributed by atoms with Gasteiger partial charge in [-0.1, -0.05) is 27.2 Å². The Bertz CT molecular complexity index is 301. The van der Waals surface area contributed by atoms with Crippen molar-refractivity contribution in [3.05, 3.63) is 5.82 Å². The Labute approximate surface area is 102 Å². The molecule has 0 saturated heterocycles. The second kappa shape index (κ2) is 6.81. The average molecular weight is 243 g/mol. The lowest BCUT2D eigenvalue weighted by atomic mass is 10.2. The summed E-state index contributed by atoms with van der Waals surface area (Å²) in [6, 6.07) is 0. The Hall–Kier alpha value is -0.680. The summed E-state index contributed by atoms with van der Waals surface area (Å²) in [6.07, 6.45) is 2.08. The molecule has 0 amide bonds. The van der Waals surface area contributed by atoms with Crippen LogP contribution in [0, 0.1) is 5.92 Å². The molecule has 16 heavy (non-hydrogen) atoms. The minimum absolute atomic E-state index is 0.0378. The van der Waals surface area contributed by atoms with E-state index in [1.165, 1.54) is 11.5 Å². The second-order valence-corrected chi connectivity index (χ2v) is 5.00. The molecule has 0 fully saturated rings. The molecular weight excluding hydrogens is 222 g/mol. The van der Waals surface area contributed by atoms with E-state index in [4.69, 9.17) is 4.74 Å². The molecule has 0 bridgehead atoms. The van der Waals surface area contributed by atoms with E-state index in [1.807, 2.05) is 0 Å². The summed E-state index contributed by atoms with van der Waals surface area (Å²) < 4.78 is 9.70. The first-order valence-corrected chi connectivity index (χ1v) is 6.55. The van der Waals surface area contributed by atoms with E-state index in [-0.39, 0.29) is 6.10 Å². The molecule has 0 aliphatic carbocycles. The van der Waals surface area contributed by atoms with Gasteiger partial charge in [0, 0.05) is 25.2 Å². The van der Waals surface area contributed by atoms with Crippen molar-refractivity contribution in [2.24, 2.45) is 5.92 Å². The molecule has 1 aromatic heterocycles. The Morgan fingerprint density at radius 3 is 2.75 bits per heavy atom. The second-order valence-electron chi connectivity index (χ2n) is 4.25. The van der Waals surface area contributed by atoms with Crippen LogP contribution in [-0.4, -0.2) is 23.0 Å². The molecule has 1 rings (SSSR count). The summed E-state index contributed by atoms with van der Waals surface area (Å²) >= 11 is 1.41. The molecule has 0 aliphatic rings. The van der Waals surface area contributed by atoms with E-state index in [0.717, 1.165) is 30.3 Å². The van der Waals surface area contributed by atoms with Gasteiger partial charge >= 0.3 is 0 Å². The summed E-state index contributed by atoms with van der Waals surface area (Å²) in [5.74, 6) is 1.42. The molecule has 1 aromatic rings. The Morgan fingerprint density at radius 2 is 2.19 bits per heavy atom. The van der Waals surface area contributed by atoms with Crippen LogP contribution in [0.4, 0.5) is 5.13 Å². The minimum Gasteiger partial charge on any atom is -0.373 e. The minimum atomic E-state index is 0.0378. The largest absolute Gasteiger partial charge is 0.373 e. The molecule has 0 radical (unpaired) electrons. The van der Waals surface area contributed by atoms with Crippen LogP contribution >= 0.6 is 11.5 Å². The van der Waals surface area contributed by atoms with Crippen molar-refractivity contribution in [1.82, 2.24) is 9.36 Å². The highest BCUT2D eigenvalue weighted by Gasteiger charge is 2.15. The fourth-order valence-electron chi connectivity index (χ4n) is 1.34.